The molecule has 0 aliphatic rings. The quantitative estimate of drug-likeness (QED) is 0.237. The van der Waals surface area contributed by atoms with Crippen LogP contribution in [0.5, 0.6) is 0 Å². The van der Waals surface area contributed by atoms with Gasteiger partial charge in [0.25, 0.3) is 0 Å². The van der Waals surface area contributed by atoms with Crippen molar-refractivity contribution in [2.24, 2.45) is 0 Å². The minimum absolute atomic E-state index is 0.600. The number of nitrogens with zero attached hydrogens (tertiary/aromatic N) is 3. The molecule has 0 radical (unpaired) electrons. The molecule has 0 N–H and O–H groups in total. The fraction of sp³-hybridized carbons (Fsp3) is 0. The molecule has 0 saturated carbocycles. The predicted molar refractivity (Wildman–Crippen MR) is 154 cm³/mol. The molecule has 0 fully saturated rings. The Morgan fingerprint density at radius 1 is 0.474 bits per heavy atom. The van der Waals surface area contributed by atoms with Crippen LogP contribution in [0, 0.1) is 0 Å². The Kier molecular flexibility index (Phi) is 5.46. The van der Waals surface area contributed by atoms with Gasteiger partial charge >= 0.3 is 0 Å². The van der Waals surface area contributed by atoms with E-state index >= 15 is 0 Å². The van der Waals surface area contributed by atoms with Crippen molar-refractivity contribution in [3.05, 3.63) is 126 Å². The van der Waals surface area contributed by atoms with Crippen LogP contribution >= 0.6 is 11.6 Å². The van der Waals surface area contributed by atoms with Crippen LogP contribution in [0.2, 0.25) is 5.02 Å². The van der Waals surface area contributed by atoms with E-state index in [9.17, 15) is 0 Å². The molecule has 2 aromatic heterocycles. The summed E-state index contributed by atoms with van der Waals surface area (Å²) < 4.78 is 6.26. The van der Waals surface area contributed by atoms with Crippen molar-refractivity contribution in [3.63, 3.8) is 0 Å². The Morgan fingerprint density at radius 2 is 1.08 bits per heavy atom. The first kappa shape index (κ1) is 22.4. The Balaban J connectivity index is 1.48. The summed E-state index contributed by atoms with van der Waals surface area (Å²) in [5.41, 5.74) is 6.52. The zero-order valence-corrected chi connectivity index (χ0v) is 20.9. The molecule has 0 amide bonds. The van der Waals surface area contributed by atoms with E-state index in [0.717, 1.165) is 49.8 Å². The molecule has 0 bridgehead atoms. The van der Waals surface area contributed by atoms with Crippen LogP contribution in [0.3, 0.4) is 0 Å². The van der Waals surface area contributed by atoms with E-state index in [2.05, 4.69) is 12.1 Å². The van der Waals surface area contributed by atoms with E-state index in [1.165, 1.54) is 0 Å². The molecule has 4 nitrogen and oxygen atoms in total. The molecular weight excluding hydrogens is 490 g/mol. The lowest BCUT2D eigenvalue weighted by Gasteiger charge is -2.09. The van der Waals surface area contributed by atoms with Crippen LogP contribution in [0.4, 0.5) is 0 Å². The highest BCUT2D eigenvalue weighted by molar-refractivity contribution is 6.30. The van der Waals surface area contributed by atoms with Crippen molar-refractivity contribution < 1.29 is 4.42 Å². The molecule has 180 valence electrons. The van der Waals surface area contributed by atoms with Gasteiger partial charge in [-0.25, -0.2) is 15.0 Å². The third-order valence-corrected chi connectivity index (χ3v) is 6.86. The first-order valence-electron chi connectivity index (χ1n) is 12.3. The van der Waals surface area contributed by atoms with Crippen LogP contribution in [0.1, 0.15) is 0 Å². The number of furan rings is 1. The normalized spacial score (nSPS) is 11.3. The Labute approximate surface area is 224 Å². The van der Waals surface area contributed by atoms with Crippen molar-refractivity contribution in [3.8, 4) is 45.3 Å². The number of benzene rings is 5. The van der Waals surface area contributed by atoms with Crippen LogP contribution in [-0.2, 0) is 0 Å². The number of hydrogen-bond acceptors (Lipinski definition) is 4. The maximum Gasteiger partial charge on any atom is 0.164 e. The molecule has 0 atom stereocenters. The molecule has 5 aromatic carbocycles. The Morgan fingerprint density at radius 3 is 1.74 bits per heavy atom. The molecule has 5 heteroatoms. The van der Waals surface area contributed by atoms with Gasteiger partial charge in [-0.1, -0.05) is 103 Å². The van der Waals surface area contributed by atoms with Crippen molar-refractivity contribution >= 4 is 33.5 Å². The zero-order valence-electron chi connectivity index (χ0n) is 20.2. The molecule has 2 heterocycles. The number of halogens is 1. The average Bonchev–Trinajstić information content (AvgIpc) is 3.36. The van der Waals surface area contributed by atoms with Crippen LogP contribution in [0.15, 0.2) is 126 Å². The molecule has 0 unspecified atom stereocenters. The monoisotopic (exact) mass is 509 g/mol. The van der Waals surface area contributed by atoms with Crippen LogP contribution < -0.4 is 0 Å². The van der Waals surface area contributed by atoms with Gasteiger partial charge in [-0.2, -0.15) is 0 Å². The van der Waals surface area contributed by atoms with E-state index in [-0.39, 0.29) is 0 Å². The predicted octanol–water partition coefficient (Wildman–Crippen LogP) is 9.09. The van der Waals surface area contributed by atoms with Crippen LogP contribution in [0.25, 0.3) is 67.2 Å². The lowest BCUT2D eigenvalue weighted by Crippen LogP contribution is -2.00. The SMILES string of the molecule is Clc1ccc(-c2ccc3oc4cccc(-c5nc(-c6ccccc6)nc(-c6ccccc6)n5)c4c3c2)cc1. The largest absolute Gasteiger partial charge is 0.456 e. The highest BCUT2D eigenvalue weighted by atomic mass is 35.5. The van der Waals surface area contributed by atoms with Gasteiger partial charge in [-0.05, 0) is 41.5 Å². The summed E-state index contributed by atoms with van der Waals surface area (Å²) in [4.78, 5) is 14.7. The Bertz CT molecular complexity index is 1860. The van der Waals surface area contributed by atoms with E-state index in [1.807, 2.05) is 109 Å². The highest BCUT2D eigenvalue weighted by Crippen LogP contribution is 2.38. The van der Waals surface area contributed by atoms with Crippen molar-refractivity contribution in [1.29, 1.82) is 0 Å². The molecule has 0 aliphatic carbocycles. The second-order valence-corrected chi connectivity index (χ2v) is 9.47. The van der Waals surface area contributed by atoms with Gasteiger partial charge in [0.05, 0.1) is 0 Å². The molecule has 0 spiro atoms. The van der Waals surface area contributed by atoms with Gasteiger partial charge < -0.3 is 4.42 Å². The third kappa shape index (κ3) is 4.01. The number of hydrogen-bond donors (Lipinski definition) is 0. The van der Waals surface area contributed by atoms with Gasteiger partial charge in [-0.3, -0.25) is 0 Å². The fourth-order valence-electron chi connectivity index (χ4n) is 4.76. The maximum atomic E-state index is 6.26. The lowest BCUT2D eigenvalue weighted by atomic mass is 10.0. The van der Waals surface area contributed by atoms with E-state index in [4.69, 9.17) is 31.0 Å². The summed E-state index contributed by atoms with van der Waals surface area (Å²) in [6, 6.07) is 40.1. The fourth-order valence-corrected chi connectivity index (χ4v) is 4.89. The second-order valence-electron chi connectivity index (χ2n) is 9.04. The topological polar surface area (TPSA) is 51.8 Å². The average molecular weight is 510 g/mol. The molecule has 7 aromatic rings. The smallest absolute Gasteiger partial charge is 0.164 e. The molecule has 7 rings (SSSR count). The van der Waals surface area contributed by atoms with Crippen molar-refractivity contribution in [2.45, 2.75) is 0 Å². The van der Waals surface area contributed by atoms with Gasteiger partial charge in [0.1, 0.15) is 11.2 Å². The minimum Gasteiger partial charge on any atom is -0.456 e. The van der Waals surface area contributed by atoms with Crippen LogP contribution in [-0.4, -0.2) is 15.0 Å². The number of aromatic nitrogens is 3. The van der Waals surface area contributed by atoms with Gasteiger partial charge in [0, 0.05) is 32.5 Å². The highest BCUT2D eigenvalue weighted by Gasteiger charge is 2.18. The summed E-state index contributed by atoms with van der Waals surface area (Å²) in [6.45, 7) is 0. The summed E-state index contributed by atoms with van der Waals surface area (Å²) in [5.74, 6) is 1.85. The minimum atomic E-state index is 0.600. The molecule has 0 saturated heterocycles. The standard InChI is InChI=1S/C33H20ClN3O/c34-25-17-14-21(15-18-25)24-16-19-28-27(20-24)30-26(12-7-13-29(30)38-28)33-36-31(22-8-3-1-4-9-22)35-32(37-33)23-10-5-2-6-11-23/h1-20H. The first-order valence-corrected chi connectivity index (χ1v) is 12.7. The molecule has 38 heavy (non-hydrogen) atoms. The summed E-state index contributed by atoms with van der Waals surface area (Å²) in [6.07, 6.45) is 0. The number of fused-ring (bicyclic) bond motifs is 3. The van der Waals surface area contributed by atoms with Gasteiger partial charge in [-0.15, -0.1) is 0 Å². The summed E-state index contributed by atoms with van der Waals surface area (Å²) in [5, 5.41) is 2.69. The van der Waals surface area contributed by atoms with Crippen molar-refractivity contribution in [1.82, 2.24) is 15.0 Å². The van der Waals surface area contributed by atoms with E-state index in [1.54, 1.807) is 0 Å². The maximum absolute atomic E-state index is 6.26. The molecule has 0 aliphatic heterocycles. The van der Waals surface area contributed by atoms with Gasteiger partial charge in [0.2, 0.25) is 0 Å². The molecular formula is C33H20ClN3O. The summed E-state index contributed by atoms with van der Waals surface area (Å²) >= 11 is 6.12. The Hall–Kier alpha value is -4.80. The second kappa shape index (κ2) is 9.25. The van der Waals surface area contributed by atoms with Gasteiger partial charge in [0.15, 0.2) is 17.5 Å². The van der Waals surface area contributed by atoms with E-state index < -0.39 is 0 Å². The number of rotatable bonds is 4. The summed E-state index contributed by atoms with van der Waals surface area (Å²) in [7, 11) is 0. The van der Waals surface area contributed by atoms with E-state index in [0.29, 0.717) is 22.5 Å². The van der Waals surface area contributed by atoms with Crippen molar-refractivity contribution in [2.75, 3.05) is 0 Å². The zero-order chi connectivity index (χ0) is 25.5. The lowest BCUT2D eigenvalue weighted by molar-refractivity contribution is 0.669. The first-order chi connectivity index (χ1) is 18.7. The third-order valence-electron chi connectivity index (χ3n) is 6.61.